The average molecular weight is 229 g/mol. The van der Waals surface area contributed by atoms with E-state index in [1.54, 1.807) is 0 Å². The van der Waals surface area contributed by atoms with Crippen LogP contribution in [0.3, 0.4) is 0 Å². The van der Waals surface area contributed by atoms with Crippen molar-refractivity contribution in [3.8, 4) is 0 Å². The quantitative estimate of drug-likeness (QED) is 0.874. The second-order valence-electron chi connectivity index (χ2n) is 5.22. The average Bonchev–Trinajstić information content (AvgIpc) is 2.94. The molecule has 3 heteroatoms. The zero-order valence-corrected chi connectivity index (χ0v) is 10.3. The summed E-state index contributed by atoms with van der Waals surface area (Å²) >= 11 is 0. The minimum atomic E-state index is 0.150. The third-order valence-electron chi connectivity index (χ3n) is 3.79. The lowest BCUT2D eigenvalue weighted by Gasteiger charge is -2.09. The second-order valence-corrected chi connectivity index (χ2v) is 5.22. The maximum absolute atomic E-state index is 6.12. The van der Waals surface area contributed by atoms with Crippen molar-refractivity contribution in [2.45, 2.75) is 44.6 Å². The standard InChI is InChI=1S/C14H19N3/c1-2-13-16-9-12-4-3-11(10-17(12)13)5-6-14(15)7-8-14/h3-4,9-10H,2,5-8,15H2,1H3. The number of rotatable bonds is 4. The number of aryl methyl sites for hydroxylation is 2. The first kappa shape index (κ1) is 10.8. The van der Waals surface area contributed by atoms with Crippen LogP contribution in [-0.4, -0.2) is 14.9 Å². The van der Waals surface area contributed by atoms with Crippen LogP contribution in [0.25, 0.3) is 5.52 Å². The molecule has 1 saturated carbocycles. The van der Waals surface area contributed by atoms with Gasteiger partial charge in [0.05, 0.1) is 11.7 Å². The monoisotopic (exact) mass is 229 g/mol. The normalized spacial score (nSPS) is 17.5. The molecule has 0 saturated heterocycles. The molecule has 1 fully saturated rings. The van der Waals surface area contributed by atoms with Crippen molar-refractivity contribution in [2.75, 3.05) is 0 Å². The van der Waals surface area contributed by atoms with Gasteiger partial charge in [0, 0.05) is 18.2 Å². The van der Waals surface area contributed by atoms with Crippen molar-refractivity contribution in [1.29, 1.82) is 0 Å². The lowest BCUT2D eigenvalue weighted by molar-refractivity contribution is 0.608. The first-order valence-corrected chi connectivity index (χ1v) is 6.44. The van der Waals surface area contributed by atoms with Crippen molar-refractivity contribution in [1.82, 2.24) is 9.38 Å². The van der Waals surface area contributed by atoms with E-state index in [2.05, 4.69) is 34.6 Å². The number of pyridine rings is 1. The van der Waals surface area contributed by atoms with Gasteiger partial charge >= 0.3 is 0 Å². The summed E-state index contributed by atoms with van der Waals surface area (Å²) in [4.78, 5) is 4.41. The van der Waals surface area contributed by atoms with Crippen molar-refractivity contribution in [3.63, 3.8) is 0 Å². The van der Waals surface area contributed by atoms with E-state index in [1.807, 2.05) is 6.20 Å². The fraction of sp³-hybridized carbons (Fsp3) is 0.500. The molecule has 1 aliphatic rings. The molecule has 0 spiro atoms. The Hall–Kier alpha value is -1.35. The van der Waals surface area contributed by atoms with Crippen LogP contribution >= 0.6 is 0 Å². The molecule has 0 aliphatic heterocycles. The SMILES string of the molecule is CCc1ncc2ccc(CCC3(N)CC3)cn12. The first-order valence-electron chi connectivity index (χ1n) is 6.44. The molecule has 0 atom stereocenters. The van der Waals surface area contributed by atoms with Gasteiger partial charge in [-0.2, -0.15) is 0 Å². The van der Waals surface area contributed by atoms with Gasteiger partial charge in [-0.3, -0.25) is 0 Å². The molecule has 0 amide bonds. The topological polar surface area (TPSA) is 43.3 Å². The summed E-state index contributed by atoms with van der Waals surface area (Å²) in [6.45, 7) is 2.14. The van der Waals surface area contributed by atoms with Crippen LogP contribution in [0.15, 0.2) is 24.5 Å². The highest BCUT2D eigenvalue weighted by molar-refractivity contribution is 5.47. The molecule has 2 heterocycles. The van der Waals surface area contributed by atoms with Crippen LogP contribution in [-0.2, 0) is 12.8 Å². The molecule has 1 aliphatic carbocycles. The number of hydrogen-bond acceptors (Lipinski definition) is 2. The molecular weight excluding hydrogens is 210 g/mol. The fourth-order valence-corrected chi connectivity index (χ4v) is 2.30. The van der Waals surface area contributed by atoms with E-state index < -0.39 is 0 Å². The molecule has 2 aromatic heterocycles. The third kappa shape index (κ3) is 2.07. The Bertz CT molecular complexity index is 537. The second kappa shape index (κ2) is 3.84. The molecule has 0 bridgehead atoms. The molecule has 3 nitrogen and oxygen atoms in total. The van der Waals surface area contributed by atoms with Gasteiger partial charge in [0.25, 0.3) is 0 Å². The summed E-state index contributed by atoms with van der Waals surface area (Å²) in [7, 11) is 0. The smallest absolute Gasteiger partial charge is 0.112 e. The van der Waals surface area contributed by atoms with Gasteiger partial charge in [-0.1, -0.05) is 13.0 Å². The van der Waals surface area contributed by atoms with Gasteiger partial charge in [0.1, 0.15) is 5.82 Å². The van der Waals surface area contributed by atoms with E-state index in [9.17, 15) is 0 Å². The zero-order valence-electron chi connectivity index (χ0n) is 10.3. The molecule has 2 N–H and O–H groups in total. The van der Waals surface area contributed by atoms with Crippen LogP contribution < -0.4 is 5.73 Å². The molecule has 17 heavy (non-hydrogen) atoms. The molecule has 0 radical (unpaired) electrons. The molecule has 3 rings (SSSR count). The van der Waals surface area contributed by atoms with Crippen LogP contribution in [0.1, 0.15) is 37.6 Å². The molecule has 0 aromatic carbocycles. The van der Waals surface area contributed by atoms with Crippen molar-refractivity contribution >= 4 is 5.52 Å². The summed E-state index contributed by atoms with van der Waals surface area (Å²) in [6.07, 6.45) is 9.70. The highest BCUT2D eigenvalue weighted by atomic mass is 15.0. The van der Waals surface area contributed by atoms with Crippen LogP contribution in [0.5, 0.6) is 0 Å². The highest BCUT2D eigenvalue weighted by Gasteiger charge is 2.37. The summed E-state index contributed by atoms with van der Waals surface area (Å²) in [6, 6.07) is 4.35. The Labute approximate surface area is 102 Å². The Morgan fingerprint density at radius 3 is 2.94 bits per heavy atom. The summed E-state index contributed by atoms with van der Waals surface area (Å²) in [5, 5.41) is 0. The molecular formula is C14H19N3. The predicted octanol–water partition coefficient (Wildman–Crippen LogP) is 2.32. The molecule has 90 valence electrons. The Balaban J connectivity index is 1.84. The maximum Gasteiger partial charge on any atom is 0.112 e. The number of fused-ring (bicyclic) bond motifs is 1. The molecule has 2 aromatic rings. The lowest BCUT2D eigenvalue weighted by Crippen LogP contribution is -2.22. The van der Waals surface area contributed by atoms with E-state index >= 15 is 0 Å². The van der Waals surface area contributed by atoms with Gasteiger partial charge < -0.3 is 10.1 Å². The van der Waals surface area contributed by atoms with E-state index in [1.165, 1.54) is 23.9 Å². The largest absolute Gasteiger partial charge is 0.325 e. The Morgan fingerprint density at radius 2 is 2.24 bits per heavy atom. The van der Waals surface area contributed by atoms with E-state index in [4.69, 9.17) is 5.73 Å². The highest BCUT2D eigenvalue weighted by Crippen LogP contribution is 2.36. The minimum Gasteiger partial charge on any atom is -0.325 e. The van der Waals surface area contributed by atoms with E-state index in [0.29, 0.717) is 0 Å². The predicted molar refractivity (Wildman–Crippen MR) is 69.0 cm³/mol. The van der Waals surface area contributed by atoms with Crippen LogP contribution in [0, 0.1) is 0 Å². The van der Waals surface area contributed by atoms with Crippen LogP contribution in [0.2, 0.25) is 0 Å². The summed E-state index contributed by atoms with van der Waals surface area (Å²) in [5.41, 5.74) is 8.82. The number of nitrogens with zero attached hydrogens (tertiary/aromatic N) is 2. The van der Waals surface area contributed by atoms with E-state index in [0.717, 1.165) is 25.1 Å². The summed E-state index contributed by atoms with van der Waals surface area (Å²) in [5.74, 6) is 1.13. The fourth-order valence-electron chi connectivity index (χ4n) is 2.30. The third-order valence-corrected chi connectivity index (χ3v) is 3.79. The Kier molecular flexibility index (Phi) is 2.44. The zero-order chi connectivity index (χ0) is 11.9. The van der Waals surface area contributed by atoms with Crippen molar-refractivity contribution in [3.05, 3.63) is 35.9 Å². The number of hydrogen-bond donors (Lipinski definition) is 1. The summed E-state index contributed by atoms with van der Waals surface area (Å²) < 4.78 is 2.20. The minimum absolute atomic E-state index is 0.150. The first-order chi connectivity index (χ1) is 8.20. The van der Waals surface area contributed by atoms with Crippen molar-refractivity contribution < 1.29 is 0 Å². The van der Waals surface area contributed by atoms with Gasteiger partial charge in [0.15, 0.2) is 0 Å². The Morgan fingerprint density at radius 1 is 1.41 bits per heavy atom. The lowest BCUT2D eigenvalue weighted by atomic mass is 10.1. The number of nitrogens with two attached hydrogens (primary N) is 1. The van der Waals surface area contributed by atoms with Crippen molar-refractivity contribution in [2.24, 2.45) is 5.73 Å². The van der Waals surface area contributed by atoms with Gasteiger partial charge in [-0.25, -0.2) is 4.98 Å². The number of aromatic nitrogens is 2. The van der Waals surface area contributed by atoms with E-state index in [-0.39, 0.29) is 5.54 Å². The van der Waals surface area contributed by atoms with Gasteiger partial charge in [0.2, 0.25) is 0 Å². The molecule has 0 unspecified atom stereocenters. The van der Waals surface area contributed by atoms with Crippen LogP contribution in [0.4, 0.5) is 0 Å². The number of imidazole rings is 1. The maximum atomic E-state index is 6.12. The van der Waals surface area contributed by atoms with Gasteiger partial charge in [-0.05, 0) is 37.3 Å². The van der Waals surface area contributed by atoms with Gasteiger partial charge in [-0.15, -0.1) is 0 Å².